The maximum absolute atomic E-state index is 8.98. The highest BCUT2D eigenvalue weighted by Crippen LogP contribution is 2.31. The van der Waals surface area contributed by atoms with Crippen LogP contribution in [0.2, 0.25) is 0 Å². The maximum Gasteiger partial charge on any atom is 0.171 e. The lowest BCUT2D eigenvalue weighted by Crippen LogP contribution is -1.99. The van der Waals surface area contributed by atoms with E-state index >= 15 is 0 Å². The van der Waals surface area contributed by atoms with Gasteiger partial charge in [-0.3, -0.25) is 0 Å². The zero-order valence-electron chi connectivity index (χ0n) is 10.5. The molecule has 0 fully saturated rings. The summed E-state index contributed by atoms with van der Waals surface area (Å²) in [6.07, 6.45) is 1.47. The van der Waals surface area contributed by atoms with E-state index < -0.39 is 0 Å². The van der Waals surface area contributed by atoms with Gasteiger partial charge in [-0.15, -0.1) is 5.10 Å². The minimum atomic E-state index is 0.400. The fourth-order valence-electron chi connectivity index (χ4n) is 1.56. The van der Waals surface area contributed by atoms with E-state index in [9.17, 15) is 0 Å². The Morgan fingerprint density at radius 2 is 1.95 bits per heavy atom. The number of hydrogen-bond acceptors (Lipinski definition) is 6. The maximum atomic E-state index is 8.98. The van der Waals surface area contributed by atoms with E-state index in [1.807, 2.05) is 6.07 Å². The van der Waals surface area contributed by atoms with Crippen LogP contribution >= 0.6 is 0 Å². The van der Waals surface area contributed by atoms with Crippen LogP contribution in [0, 0.1) is 11.3 Å². The molecule has 96 valence electrons. The predicted molar refractivity (Wildman–Crippen MR) is 69.6 cm³/mol. The summed E-state index contributed by atoms with van der Waals surface area (Å²) in [6, 6.07) is 8.97. The van der Waals surface area contributed by atoms with Gasteiger partial charge in [0.15, 0.2) is 17.3 Å². The standard InChI is InChI=1S/C13H12N4O2/c1-18-11-4-3-10(7-12(11)19-2)16-13-9(8-14)5-6-15-17-13/h3-7H,1-2H3,(H,16,17). The summed E-state index contributed by atoms with van der Waals surface area (Å²) in [7, 11) is 3.13. The Labute approximate surface area is 110 Å². The van der Waals surface area contributed by atoms with Gasteiger partial charge >= 0.3 is 0 Å². The molecule has 6 nitrogen and oxygen atoms in total. The van der Waals surface area contributed by atoms with E-state index in [1.54, 1.807) is 38.5 Å². The molecule has 2 aromatic rings. The summed E-state index contributed by atoms with van der Waals surface area (Å²) in [5, 5.41) is 19.6. The molecule has 0 aliphatic heterocycles. The summed E-state index contributed by atoms with van der Waals surface area (Å²) in [4.78, 5) is 0. The molecule has 0 bridgehead atoms. The van der Waals surface area contributed by atoms with Crippen molar-refractivity contribution in [1.82, 2.24) is 10.2 Å². The van der Waals surface area contributed by atoms with Crippen LogP contribution in [0.1, 0.15) is 5.56 Å². The predicted octanol–water partition coefficient (Wildman–Crippen LogP) is 2.11. The summed E-state index contributed by atoms with van der Waals surface area (Å²) in [6.45, 7) is 0. The minimum absolute atomic E-state index is 0.400. The molecular weight excluding hydrogens is 244 g/mol. The first-order valence-electron chi connectivity index (χ1n) is 5.49. The zero-order chi connectivity index (χ0) is 13.7. The third kappa shape index (κ3) is 2.72. The molecule has 0 radical (unpaired) electrons. The Hall–Kier alpha value is -2.81. The first-order valence-corrected chi connectivity index (χ1v) is 5.49. The van der Waals surface area contributed by atoms with Gasteiger partial charge in [0.25, 0.3) is 0 Å². The monoisotopic (exact) mass is 256 g/mol. The number of benzene rings is 1. The Morgan fingerprint density at radius 1 is 1.16 bits per heavy atom. The van der Waals surface area contributed by atoms with E-state index in [0.29, 0.717) is 22.9 Å². The smallest absolute Gasteiger partial charge is 0.171 e. The van der Waals surface area contributed by atoms with Crippen LogP contribution in [0.15, 0.2) is 30.5 Å². The number of anilines is 2. The van der Waals surface area contributed by atoms with Gasteiger partial charge in [0, 0.05) is 11.8 Å². The first-order chi connectivity index (χ1) is 9.28. The summed E-state index contributed by atoms with van der Waals surface area (Å²) < 4.78 is 10.4. The average molecular weight is 256 g/mol. The molecule has 1 aromatic carbocycles. The minimum Gasteiger partial charge on any atom is -0.493 e. The van der Waals surface area contributed by atoms with Crippen molar-refractivity contribution >= 4 is 11.5 Å². The molecule has 2 rings (SSSR count). The van der Waals surface area contributed by atoms with Gasteiger partial charge in [0.1, 0.15) is 6.07 Å². The summed E-state index contributed by atoms with van der Waals surface area (Å²) in [5.41, 5.74) is 1.15. The van der Waals surface area contributed by atoms with Crippen molar-refractivity contribution in [2.75, 3.05) is 19.5 Å². The van der Waals surface area contributed by atoms with Gasteiger partial charge in [-0.1, -0.05) is 0 Å². The van der Waals surface area contributed by atoms with Crippen LogP contribution in [0.3, 0.4) is 0 Å². The zero-order valence-corrected chi connectivity index (χ0v) is 10.5. The second kappa shape index (κ2) is 5.69. The summed E-state index contributed by atoms with van der Waals surface area (Å²) in [5.74, 6) is 1.62. The quantitative estimate of drug-likeness (QED) is 0.902. The van der Waals surface area contributed by atoms with Crippen molar-refractivity contribution in [3.8, 4) is 17.6 Å². The van der Waals surface area contributed by atoms with Crippen molar-refractivity contribution < 1.29 is 9.47 Å². The number of nitriles is 1. The van der Waals surface area contributed by atoms with Gasteiger partial charge in [0.05, 0.1) is 26.0 Å². The molecule has 0 unspecified atom stereocenters. The van der Waals surface area contributed by atoms with Crippen LogP contribution in [-0.4, -0.2) is 24.4 Å². The Bertz CT molecular complexity index is 622. The Balaban J connectivity index is 2.31. The molecular formula is C13H12N4O2. The van der Waals surface area contributed by atoms with E-state index in [0.717, 1.165) is 5.69 Å². The van der Waals surface area contributed by atoms with Crippen LogP contribution in [-0.2, 0) is 0 Å². The second-order valence-electron chi connectivity index (χ2n) is 3.60. The molecule has 0 atom stereocenters. The molecule has 0 aliphatic rings. The van der Waals surface area contributed by atoms with E-state index in [-0.39, 0.29) is 0 Å². The highest BCUT2D eigenvalue weighted by atomic mass is 16.5. The van der Waals surface area contributed by atoms with E-state index in [2.05, 4.69) is 15.5 Å². The molecule has 0 amide bonds. The number of methoxy groups -OCH3 is 2. The Kier molecular flexibility index (Phi) is 3.78. The normalized spacial score (nSPS) is 9.53. The highest BCUT2D eigenvalue weighted by molar-refractivity contribution is 5.64. The van der Waals surface area contributed by atoms with Crippen molar-refractivity contribution in [2.45, 2.75) is 0 Å². The van der Waals surface area contributed by atoms with Crippen molar-refractivity contribution in [2.24, 2.45) is 0 Å². The molecule has 1 aromatic heterocycles. The van der Waals surface area contributed by atoms with Crippen LogP contribution < -0.4 is 14.8 Å². The topological polar surface area (TPSA) is 80.1 Å². The van der Waals surface area contributed by atoms with Gasteiger partial charge in [-0.2, -0.15) is 10.4 Å². The van der Waals surface area contributed by atoms with Crippen molar-refractivity contribution in [3.63, 3.8) is 0 Å². The molecule has 0 spiro atoms. The third-order valence-electron chi connectivity index (χ3n) is 2.49. The number of ether oxygens (including phenoxy) is 2. The molecule has 0 saturated carbocycles. The first kappa shape index (κ1) is 12.6. The molecule has 0 saturated heterocycles. The van der Waals surface area contributed by atoms with Gasteiger partial charge in [-0.25, -0.2) is 0 Å². The number of hydrogen-bond donors (Lipinski definition) is 1. The molecule has 19 heavy (non-hydrogen) atoms. The van der Waals surface area contributed by atoms with Crippen molar-refractivity contribution in [1.29, 1.82) is 5.26 Å². The van der Waals surface area contributed by atoms with Crippen LogP contribution in [0.25, 0.3) is 0 Å². The Morgan fingerprint density at radius 3 is 2.63 bits per heavy atom. The number of nitrogens with zero attached hydrogens (tertiary/aromatic N) is 3. The third-order valence-corrected chi connectivity index (χ3v) is 2.49. The second-order valence-corrected chi connectivity index (χ2v) is 3.60. The average Bonchev–Trinajstić information content (AvgIpc) is 2.47. The van der Waals surface area contributed by atoms with Gasteiger partial charge in [-0.05, 0) is 18.2 Å². The van der Waals surface area contributed by atoms with E-state index in [1.165, 1.54) is 6.20 Å². The number of rotatable bonds is 4. The molecule has 0 aliphatic carbocycles. The largest absolute Gasteiger partial charge is 0.493 e. The lowest BCUT2D eigenvalue weighted by Gasteiger charge is -2.11. The molecule has 1 heterocycles. The molecule has 1 N–H and O–H groups in total. The number of aromatic nitrogens is 2. The lowest BCUT2D eigenvalue weighted by molar-refractivity contribution is 0.355. The van der Waals surface area contributed by atoms with E-state index in [4.69, 9.17) is 14.7 Å². The lowest BCUT2D eigenvalue weighted by atomic mass is 10.2. The van der Waals surface area contributed by atoms with Crippen LogP contribution in [0.4, 0.5) is 11.5 Å². The fourth-order valence-corrected chi connectivity index (χ4v) is 1.56. The highest BCUT2D eigenvalue weighted by Gasteiger charge is 2.07. The van der Waals surface area contributed by atoms with Crippen LogP contribution in [0.5, 0.6) is 11.5 Å². The van der Waals surface area contributed by atoms with Crippen molar-refractivity contribution in [3.05, 3.63) is 36.0 Å². The number of nitrogens with one attached hydrogen (secondary N) is 1. The SMILES string of the molecule is COc1ccc(Nc2nnccc2C#N)cc1OC. The van der Waals surface area contributed by atoms with Gasteiger partial charge in [0.2, 0.25) is 0 Å². The summed E-state index contributed by atoms with van der Waals surface area (Å²) >= 11 is 0. The molecule has 6 heteroatoms. The van der Waals surface area contributed by atoms with Gasteiger partial charge < -0.3 is 14.8 Å². The fraction of sp³-hybridized carbons (Fsp3) is 0.154.